The van der Waals surface area contributed by atoms with Gasteiger partial charge in [0.2, 0.25) is 11.8 Å². The summed E-state index contributed by atoms with van der Waals surface area (Å²) in [6, 6.07) is 73.3. The number of rotatable bonds is 7. The van der Waals surface area contributed by atoms with Crippen molar-refractivity contribution in [2.24, 2.45) is 0 Å². The molecule has 0 radical (unpaired) electrons. The van der Waals surface area contributed by atoms with Gasteiger partial charge >= 0.3 is 0 Å². The fraction of sp³-hybridized carbons (Fsp3) is 0.0968. The van der Waals surface area contributed by atoms with Crippen LogP contribution in [0.4, 0.5) is 34.1 Å². The van der Waals surface area contributed by atoms with E-state index in [9.17, 15) is 0 Å². The minimum atomic E-state index is -0.258. The number of para-hydroxylation sites is 6. The smallest absolute Gasteiger partial charge is 0.227 e. The molecule has 0 amide bonds. The van der Waals surface area contributed by atoms with E-state index >= 15 is 0 Å². The maximum Gasteiger partial charge on any atom is 0.227 e. The highest BCUT2D eigenvalue weighted by Crippen LogP contribution is 2.56. The molecule has 0 saturated heterocycles. The third-order valence-corrected chi connectivity index (χ3v) is 14.3. The van der Waals surface area contributed by atoms with E-state index in [1.807, 2.05) is 48.5 Å². The van der Waals surface area contributed by atoms with E-state index in [0.717, 1.165) is 61.8 Å². The number of benzene rings is 9. The van der Waals surface area contributed by atoms with Crippen molar-refractivity contribution >= 4 is 56.3 Å². The van der Waals surface area contributed by atoms with Crippen molar-refractivity contribution in [3.63, 3.8) is 0 Å². The molecule has 3 heterocycles. The molecule has 11 aromatic rings. The second-order valence-electron chi connectivity index (χ2n) is 19.1. The summed E-state index contributed by atoms with van der Waals surface area (Å²) in [5, 5.41) is 0. The molecule has 0 saturated carbocycles. The Morgan fingerprint density at radius 1 is 0.382 bits per heavy atom. The first-order chi connectivity index (χ1) is 33.2. The number of anilines is 6. The van der Waals surface area contributed by atoms with Crippen LogP contribution in [0.15, 0.2) is 215 Å². The van der Waals surface area contributed by atoms with Gasteiger partial charge in [0, 0.05) is 44.7 Å². The van der Waals surface area contributed by atoms with Crippen LogP contribution in [0.5, 0.6) is 0 Å². The van der Waals surface area contributed by atoms with Gasteiger partial charge in [-0.2, -0.15) is 0 Å². The van der Waals surface area contributed by atoms with E-state index in [0.29, 0.717) is 11.8 Å². The number of oxazole rings is 2. The number of hydrogen-bond acceptors (Lipinski definition) is 6. The van der Waals surface area contributed by atoms with E-state index in [1.54, 1.807) is 0 Å². The average molecular weight is 879 g/mol. The molecule has 0 fully saturated rings. The van der Waals surface area contributed by atoms with Crippen molar-refractivity contribution in [3.05, 3.63) is 229 Å². The highest BCUT2D eigenvalue weighted by Gasteiger charge is 2.40. The third kappa shape index (κ3) is 6.25. The van der Waals surface area contributed by atoms with E-state index in [4.69, 9.17) is 18.8 Å². The van der Waals surface area contributed by atoms with Crippen molar-refractivity contribution in [2.75, 3.05) is 9.80 Å². The largest absolute Gasteiger partial charge is 0.436 e. The van der Waals surface area contributed by atoms with Gasteiger partial charge in [0.1, 0.15) is 11.0 Å². The Labute approximate surface area is 395 Å². The Morgan fingerprint density at radius 2 is 0.868 bits per heavy atom. The number of nitrogens with zero attached hydrogens (tertiary/aromatic N) is 4. The topological polar surface area (TPSA) is 58.5 Å². The molecule has 0 unspecified atom stereocenters. The molecule has 6 heteroatoms. The summed E-state index contributed by atoms with van der Waals surface area (Å²) < 4.78 is 12.4. The van der Waals surface area contributed by atoms with E-state index in [1.165, 1.54) is 50.2 Å². The summed E-state index contributed by atoms with van der Waals surface area (Å²) in [6.45, 7) is 9.39. The molecule has 0 bridgehead atoms. The number of hydrogen-bond donors (Lipinski definition) is 0. The highest BCUT2D eigenvalue weighted by molar-refractivity contribution is 5.91. The lowest BCUT2D eigenvalue weighted by atomic mass is 9.73. The van der Waals surface area contributed by atoms with Gasteiger partial charge < -0.3 is 18.6 Å². The molecule has 0 spiro atoms. The van der Waals surface area contributed by atoms with Crippen LogP contribution in [0, 0.1) is 0 Å². The molecule has 9 aromatic carbocycles. The molecular weight excluding hydrogens is 833 g/mol. The van der Waals surface area contributed by atoms with Crippen molar-refractivity contribution in [3.8, 4) is 45.2 Å². The zero-order chi connectivity index (χ0) is 45.7. The molecule has 6 nitrogen and oxygen atoms in total. The van der Waals surface area contributed by atoms with E-state index in [-0.39, 0.29) is 10.8 Å². The zero-order valence-corrected chi connectivity index (χ0v) is 38.2. The highest BCUT2D eigenvalue weighted by atomic mass is 16.4. The SMILES string of the molecule is CC1(C)c2cc(-c3ccc(N(c4ccccc4)c4ccc(-c5nc6ccccc6o5)cc4)cc3)ccc2-c2ccc(N3c4ccccc4C(C)(C)c4cc(-c5nc6ccccc6o5)ccc43)cc21. The van der Waals surface area contributed by atoms with Crippen LogP contribution >= 0.6 is 0 Å². The maximum atomic E-state index is 6.27. The van der Waals surface area contributed by atoms with Gasteiger partial charge in [0.25, 0.3) is 0 Å². The Balaban J connectivity index is 0.825. The van der Waals surface area contributed by atoms with Gasteiger partial charge in [-0.3, -0.25) is 0 Å². The normalized spacial score (nSPS) is 14.1. The quantitative estimate of drug-likeness (QED) is 0.159. The van der Waals surface area contributed by atoms with Crippen LogP contribution in [0.25, 0.3) is 67.4 Å². The zero-order valence-electron chi connectivity index (χ0n) is 38.2. The standard InChI is InChI=1S/C62H46N4O2/c1-61(2)49-16-8-11-19-55(49)66(56-35-27-42(37-52(56)61)60-64-54-18-10-13-21-58(54)68-60)46-32-34-48-47-33-26-41(36-50(47)62(3,4)51(48)38-46)39-22-28-44(29-23-39)65(43-14-6-5-7-15-43)45-30-24-40(25-31-45)59-63-53-17-9-12-20-57(53)67-59/h5-38H,1-4H3. The van der Waals surface area contributed by atoms with Crippen LogP contribution in [0.2, 0.25) is 0 Å². The first-order valence-electron chi connectivity index (χ1n) is 23.3. The van der Waals surface area contributed by atoms with Crippen LogP contribution in [0.3, 0.4) is 0 Å². The maximum absolute atomic E-state index is 6.27. The second kappa shape index (κ2) is 15.0. The number of aromatic nitrogens is 2. The summed E-state index contributed by atoms with van der Waals surface area (Å²) in [7, 11) is 0. The fourth-order valence-electron chi connectivity index (χ4n) is 10.7. The molecule has 0 atom stereocenters. The molecule has 13 rings (SSSR count). The van der Waals surface area contributed by atoms with E-state index < -0.39 is 0 Å². The average Bonchev–Trinajstić information content (AvgIpc) is 4.08. The Kier molecular flexibility index (Phi) is 8.80. The molecule has 1 aliphatic carbocycles. The third-order valence-electron chi connectivity index (χ3n) is 14.3. The van der Waals surface area contributed by atoms with Crippen LogP contribution < -0.4 is 9.80 Å². The van der Waals surface area contributed by atoms with Gasteiger partial charge in [-0.1, -0.05) is 119 Å². The molecule has 2 aliphatic rings. The molecule has 0 N–H and O–H groups in total. The lowest BCUT2D eigenvalue weighted by Crippen LogP contribution is -2.30. The second-order valence-corrected chi connectivity index (χ2v) is 19.1. The van der Waals surface area contributed by atoms with Crippen molar-refractivity contribution in [1.29, 1.82) is 0 Å². The molecule has 326 valence electrons. The van der Waals surface area contributed by atoms with Gasteiger partial charge in [-0.05, 0) is 160 Å². The van der Waals surface area contributed by atoms with Crippen LogP contribution in [0.1, 0.15) is 49.9 Å². The molecule has 1 aliphatic heterocycles. The summed E-state index contributed by atoms with van der Waals surface area (Å²) in [5.41, 5.74) is 21.5. The molecule has 68 heavy (non-hydrogen) atoms. The van der Waals surface area contributed by atoms with E-state index in [2.05, 4.69) is 195 Å². The van der Waals surface area contributed by atoms with Crippen LogP contribution in [-0.4, -0.2) is 9.97 Å². The minimum absolute atomic E-state index is 0.237. The Morgan fingerprint density at radius 3 is 1.54 bits per heavy atom. The predicted molar refractivity (Wildman–Crippen MR) is 277 cm³/mol. The monoisotopic (exact) mass is 878 g/mol. The van der Waals surface area contributed by atoms with Crippen molar-refractivity contribution in [1.82, 2.24) is 9.97 Å². The van der Waals surface area contributed by atoms with Gasteiger partial charge in [-0.25, -0.2) is 9.97 Å². The number of fused-ring (bicyclic) bond motifs is 7. The van der Waals surface area contributed by atoms with Gasteiger partial charge in [0.15, 0.2) is 11.2 Å². The first-order valence-corrected chi connectivity index (χ1v) is 23.3. The lowest BCUT2D eigenvalue weighted by molar-refractivity contribution is 0.615. The lowest BCUT2D eigenvalue weighted by Gasteiger charge is -2.42. The van der Waals surface area contributed by atoms with Gasteiger partial charge in [0.05, 0.1) is 11.4 Å². The minimum Gasteiger partial charge on any atom is -0.436 e. The summed E-state index contributed by atoms with van der Waals surface area (Å²) in [6.07, 6.45) is 0. The summed E-state index contributed by atoms with van der Waals surface area (Å²) >= 11 is 0. The van der Waals surface area contributed by atoms with Gasteiger partial charge in [-0.15, -0.1) is 0 Å². The summed E-state index contributed by atoms with van der Waals surface area (Å²) in [4.78, 5) is 14.3. The summed E-state index contributed by atoms with van der Waals surface area (Å²) in [5.74, 6) is 1.25. The predicted octanol–water partition coefficient (Wildman–Crippen LogP) is 16.9. The Bertz CT molecular complexity index is 3680. The van der Waals surface area contributed by atoms with Crippen LogP contribution in [-0.2, 0) is 10.8 Å². The molecular formula is C62H46N4O2. The first kappa shape index (κ1) is 39.8. The van der Waals surface area contributed by atoms with Crippen molar-refractivity contribution in [2.45, 2.75) is 38.5 Å². The molecule has 2 aromatic heterocycles. The van der Waals surface area contributed by atoms with Crippen molar-refractivity contribution < 1.29 is 8.83 Å². The fourth-order valence-corrected chi connectivity index (χ4v) is 10.7. The Hall–Kier alpha value is -8.48.